The van der Waals surface area contributed by atoms with Gasteiger partial charge in [0.15, 0.2) is 0 Å². The quantitative estimate of drug-likeness (QED) is 0.0935. The highest BCUT2D eigenvalue weighted by Gasteiger charge is 2.65. The molecule has 1 fully saturated rings. The number of phosphoric acid groups is 6. The summed E-state index contributed by atoms with van der Waals surface area (Å²) in [6.45, 7) is -4.70. The lowest BCUT2D eigenvalue weighted by Gasteiger charge is -2.49. The molecule has 24 nitrogen and oxygen atoms in total. The Hall–Kier alpha value is -4.02. The summed E-state index contributed by atoms with van der Waals surface area (Å²) in [6.07, 6.45) is -14.8. The van der Waals surface area contributed by atoms with E-state index in [1.54, 1.807) is 152 Å². The molecule has 6 aliphatic rings. The summed E-state index contributed by atoms with van der Waals surface area (Å²) in [5.74, 6) is 0. The molecule has 83 heavy (non-hydrogen) atoms. The van der Waals surface area contributed by atoms with Crippen LogP contribution in [0.25, 0.3) is 0 Å². The lowest BCUT2D eigenvalue weighted by molar-refractivity contribution is -0.208. The lowest BCUT2D eigenvalue weighted by atomic mass is 9.85. The number of rotatable bonds is 15. The highest BCUT2D eigenvalue weighted by molar-refractivity contribution is 7.50. The van der Waals surface area contributed by atoms with Gasteiger partial charge in [0.25, 0.3) is 0 Å². The Balaban J connectivity index is 1.04. The maximum Gasteiger partial charge on any atom is 0.475 e. The van der Waals surface area contributed by atoms with Crippen molar-refractivity contribution in [3.63, 3.8) is 0 Å². The van der Waals surface area contributed by atoms with E-state index in [0.717, 1.165) is 0 Å². The molecule has 7 atom stereocenters. The molecule has 1 N–H and O–H groups in total. The van der Waals surface area contributed by atoms with Gasteiger partial charge in [-0.15, -0.1) is 0 Å². The minimum atomic E-state index is -5.66. The number of fused-ring (bicyclic) bond motifs is 5. The van der Waals surface area contributed by atoms with Gasteiger partial charge in [-0.1, -0.05) is 152 Å². The zero-order valence-electron chi connectivity index (χ0n) is 43.7. The van der Waals surface area contributed by atoms with Crippen LogP contribution in [0.4, 0.5) is 0 Å². The van der Waals surface area contributed by atoms with Gasteiger partial charge < -0.3 is 4.89 Å². The molecule has 5 aliphatic heterocycles. The van der Waals surface area contributed by atoms with Crippen LogP contribution in [0.3, 0.4) is 0 Å². The maximum atomic E-state index is 15.6. The van der Waals surface area contributed by atoms with Gasteiger partial charge in [0.05, 0.1) is 72.7 Å². The molecular weight excluding hydrogens is 1210 g/mol. The number of hydrogen-bond acceptors (Lipinski definition) is 23. The van der Waals surface area contributed by atoms with Crippen molar-refractivity contribution in [2.24, 2.45) is 0 Å². The normalized spacial score (nSPS) is 26.7. The monoisotopic (exact) mass is 1260 g/mol. The minimum absolute atomic E-state index is 0.387. The van der Waals surface area contributed by atoms with E-state index in [1.807, 2.05) is 0 Å². The van der Waals surface area contributed by atoms with E-state index < -0.39 is 156 Å². The molecule has 5 heterocycles. The smallest absolute Gasteiger partial charge is 0.302 e. The highest BCUT2D eigenvalue weighted by atomic mass is 31.2. The summed E-state index contributed by atoms with van der Waals surface area (Å²) in [4.78, 5) is 12.0. The first-order chi connectivity index (χ1) is 40.0. The SMILES string of the molecule is O=P(O)(OCc1ccccc1)OC1[C@@H](OP2(=O)OCc3ccccc3CO2)[C@H](OP2(=O)OCc3ccccc3CO2)C(OP2(=O)OCc3ccccc3CO2)[C@H](OP2(=O)OCc3ccccc3CO2)[C@H]1OP1(=O)OCc2ccccc2CO1. The van der Waals surface area contributed by atoms with Gasteiger partial charge in [-0.25, -0.2) is 27.4 Å². The molecule has 0 saturated heterocycles. The van der Waals surface area contributed by atoms with Gasteiger partial charge >= 0.3 is 46.9 Å². The summed E-state index contributed by atoms with van der Waals surface area (Å²) in [5.41, 5.74) is 5.62. The molecule has 1 saturated carbocycles. The van der Waals surface area contributed by atoms with Gasteiger partial charge in [0, 0.05) is 0 Å². The number of benzene rings is 6. The van der Waals surface area contributed by atoms with Crippen molar-refractivity contribution in [1.82, 2.24) is 0 Å². The molecule has 12 rings (SSSR count). The van der Waals surface area contributed by atoms with Gasteiger partial charge in [0.1, 0.15) is 36.6 Å². The third-order valence-electron chi connectivity index (χ3n) is 14.1. The molecule has 0 aromatic heterocycles. The Labute approximate surface area is 476 Å². The third kappa shape index (κ3) is 14.1. The zero-order chi connectivity index (χ0) is 57.3. The predicted molar refractivity (Wildman–Crippen MR) is 288 cm³/mol. The second kappa shape index (κ2) is 25.0. The van der Waals surface area contributed by atoms with Crippen molar-refractivity contribution in [3.8, 4) is 0 Å². The molecule has 6 aromatic rings. The third-order valence-corrected chi connectivity index (χ3v) is 22.0. The van der Waals surface area contributed by atoms with Gasteiger partial charge in [-0.3, -0.25) is 76.9 Å². The fraction of sp³-hybridized carbons (Fsp3) is 0.321. The maximum absolute atomic E-state index is 15.6. The van der Waals surface area contributed by atoms with E-state index in [4.69, 9.17) is 76.9 Å². The second-order valence-corrected chi connectivity index (χ2v) is 29.0. The van der Waals surface area contributed by atoms with Crippen molar-refractivity contribution in [3.05, 3.63) is 213 Å². The average Bonchev–Trinajstić information content (AvgIpc) is 2.17. The summed E-state index contributed by atoms with van der Waals surface area (Å²) in [6, 6.07) is 42.1. The van der Waals surface area contributed by atoms with Crippen molar-refractivity contribution < 1.29 is 109 Å². The number of hydrogen-bond donors (Lipinski definition) is 1. The fourth-order valence-electron chi connectivity index (χ4n) is 9.67. The van der Waals surface area contributed by atoms with Crippen molar-refractivity contribution in [1.29, 1.82) is 0 Å². The van der Waals surface area contributed by atoms with Crippen LogP contribution in [0.2, 0.25) is 0 Å². The molecule has 0 bridgehead atoms. The second-order valence-electron chi connectivity index (χ2n) is 19.5. The van der Waals surface area contributed by atoms with Gasteiger partial charge in [0.2, 0.25) is 0 Å². The molecule has 6 aromatic carbocycles. The molecule has 0 radical (unpaired) electrons. The summed E-state index contributed by atoms with van der Waals surface area (Å²) in [7, 11) is -31.5. The van der Waals surface area contributed by atoms with Crippen molar-refractivity contribution >= 4 is 46.9 Å². The Bertz CT molecular complexity index is 3310. The van der Waals surface area contributed by atoms with Crippen LogP contribution in [0.5, 0.6) is 0 Å². The van der Waals surface area contributed by atoms with E-state index in [1.165, 1.54) is 0 Å². The first kappa shape index (κ1) is 59.3. The molecular formula is C53H54O24P6. The standard InChI is InChI=1S/C53H54O24P6/c54-78(55,61-26-37-14-2-1-3-15-37)72-48-49(73-79(56)62-27-38-16-4-5-17-39(38)28-63-79)51(75-81(58)66-31-42-20-8-9-21-43(42)32-67-81)53(77-83(60)70-35-46-24-12-13-25-47(46)36-71-83)52(76-82(59)68-33-44-22-10-11-23-45(44)34-69-82)50(48)74-80(57)64-29-40-18-6-7-19-41(40)30-65-80/h1-25,48-53H,26-36H2,(H,54,55)/t48?,49-,50+,51+,52-,53?. The van der Waals surface area contributed by atoms with E-state index in [0.29, 0.717) is 61.2 Å². The highest BCUT2D eigenvalue weighted by Crippen LogP contribution is 2.67. The first-order valence-electron chi connectivity index (χ1n) is 25.9. The van der Waals surface area contributed by atoms with Crippen molar-refractivity contribution in [2.75, 3.05) is 0 Å². The predicted octanol–water partition coefficient (Wildman–Crippen LogP) is 12.9. The van der Waals surface area contributed by atoms with Crippen LogP contribution in [-0.4, -0.2) is 41.5 Å². The van der Waals surface area contributed by atoms with Crippen LogP contribution in [0, 0.1) is 0 Å². The fourth-order valence-corrected chi connectivity index (χ4v) is 17.2. The summed E-state index contributed by atoms with van der Waals surface area (Å²) in [5, 5.41) is 0. The first-order valence-corrected chi connectivity index (χ1v) is 34.7. The molecule has 0 amide bonds. The van der Waals surface area contributed by atoms with Crippen LogP contribution in [0.15, 0.2) is 152 Å². The largest absolute Gasteiger partial charge is 0.475 e. The van der Waals surface area contributed by atoms with E-state index >= 15 is 22.8 Å². The van der Waals surface area contributed by atoms with Crippen LogP contribution < -0.4 is 0 Å². The zero-order valence-corrected chi connectivity index (χ0v) is 49.1. The Morgan fingerprint density at radius 3 is 0.735 bits per heavy atom. The molecule has 30 heteroatoms. The van der Waals surface area contributed by atoms with E-state index in [-0.39, 0.29) is 0 Å². The topological polar surface area (TPSA) is 280 Å². The van der Waals surface area contributed by atoms with Gasteiger partial charge in [-0.05, 0) is 61.2 Å². The summed E-state index contributed by atoms with van der Waals surface area (Å²) >= 11 is 0. The van der Waals surface area contributed by atoms with E-state index in [2.05, 4.69) is 0 Å². The van der Waals surface area contributed by atoms with Crippen molar-refractivity contribution in [2.45, 2.75) is 109 Å². The Kier molecular flexibility index (Phi) is 17.9. The summed E-state index contributed by atoms with van der Waals surface area (Å²) < 4.78 is 196. The molecule has 440 valence electrons. The van der Waals surface area contributed by atoms with Gasteiger partial charge in [-0.2, -0.15) is 0 Å². The Morgan fingerprint density at radius 1 is 0.325 bits per heavy atom. The van der Waals surface area contributed by atoms with Crippen LogP contribution in [-0.2, 0) is 177 Å². The van der Waals surface area contributed by atoms with Crippen LogP contribution in [0.1, 0.15) is 61.2 Å². The minimum Gasteiger partial charge on any atom is -0.302 e. The Morgan fingerprint density at radius 2 is 0.518 bits per heavy atom. The number of phosphoric ester groups is 6. The molecule has 1 aliphatic carbocycles. The van der Waals surface area contributed by atoms with Crippen LogP contribution >= 0.6 is 46.9 Å². The van der Waals surface area contributed by atoms with E-state index in [9.17, 15) is 9.46 Å². The molecule has 0 spiro atoms. The lowest BCUT2D eigenvalue weighted by Crippen LogP contribution is -2.66. The average molecular weight is 1260 g/mol. The molecule has 3 unspecified atom stereocenters.